The molecule has 21 heavy (non-hydrogen) atoms. The van der Waals surface area contributed by atoms with E-state index in [1.54, 1.807) is 11.8 Å². The normalized spacial score (nSPS) is 18.1. The molecule has 0 bridgehead atoms. The van der Waals surface area contributed by atoms with Crippen LogP contribution in [0, 0.1) is 5.92 Å². The minimum atomic E-state index is -0.348. The van der Waals surface area contributed by atoms with Crippen LogP contribution in [-0.2, 0) is 20.8 Å². The molecule has 5 heteroatoms. The van der Waals surface area contributed by atoms with Crippen LogP contribution >= 0.6 is 0 Å². The highest BCUT2D eigenvalue weighted by atomic mass is 16.6. The van der Waals surface area contributed by atoms with Crippen molar-refractivity contribution < 1.29 is 14.4 Å². The molecule has 0 aromatic heterocycles. The van der Waals surface area contributed by atoms with Crippen LogP contribution < -0.4 is 10.4 Å². The Hall–Kier alpha value is -1.88. The summed E-state index contributed by atoms with van der Waals surface area (Å²) in [6.07, 6.45) is 2.37. The molecule has 0 spiro atoms. The number of nitrogens with one attached hydrogen (secondary N) is 1. The second-order valence-corrected chi connectivity index (χ2v) is 5.22. The van der Waals surface area contributed by atoms with Gasteiger partial charge >= 0.3 is 0 Å². The molecule has 1 N–H and O–H groups in total. The number of hydrogen-bond acceptors (Lipinski definition) is 3. The predicted molar refractivity (Wildman–Crippen MR) is 80.7 cm³/mol. The molecule has 5 nitrogen and oxygen atoms in total. The Morgan fingerprint density at radius 2 is 2.05 bits per heavy atom. The fourth-order valence-corrected chi connectivity index (χ4v) is 2.49. The van der Waals surface area contributed by atoms with Crippen LogP contribution in [0.25, 0.3) is 0 Å². The van der Waals surface area contributed by atoms with E-state index in [0.717, 1.165) is 18.5 Å². The summed E-state index contributed by atoms with van der Waals surface area (Å²) in [5, 5.41) is 0. The van der Waals surface area contributed by atoms with Crippen molar-refractivity contribution in [2.75, 3.05) is 18.1 Å². The van der Waals surface area contributed by atoms with Gasteiger partial charge < -0.3 is 4.90 Å². The first-order chi connectivity index (χ1) is 10.2. The summed E-state index contributed by atoms with van der Waals surface area (Å²) in [4.78, 5) is 30.5. The lowest BCUT2D eigenvalue weighted by Crippen LogP contribution is -2.33. The first-order valence-corrected chi connectivity index (χ1v) is 7.46. The van der Waals surface area contributed by atoms with Crippen molar-refractivity contribution in [3.05, 3.63) is 29.8 Å². The van der Waals surface area contributed by atoms with Crippen molar-refractivity contribution in [2.24, 2.45) is 5.92 Å². The maximum absolute atomic E-state index is 12.1. The van der Waals surface area contributed by atoms with E-state index >= 15 is 0 Å². The third-order valence-electron chi connectivity index (χ3n) is 3.60. The van der Waals surface area contributed by atoms with Crippen LogP contribution in [0.5, 0.6) is 0 Å². The molecule has 1 atom stereocenters. The van der Waals surface area contributed by atoms with Crippen molar-refractivity contribution in [2.45, 2.75) is 33.1 Å². The SMILES string of the molecule is CCCc1ccc(N2CC(C(=O)NOCC)CC2=O)cc1. The van der Waals surface area contributed by atoms with Gasteiger partial charge in [-0.15, -0.1) is 0 Å². The molecule has 1 heterocycles. The minimum absolute atomic E-state index is 0.0186. The quantitative estimate of drug-likeness (QED) is 0.816. The number of benzene rings is 1. The van der Waals surface area contributed by atoms with Gasteiger partial charge in [0.1, 0.15) is 0 Å². The van der Waals surface area contributed by atoms with E-state index in [9.17, 15) is 9.59 Å². The minimum Gasteiger partial charge on any atom is -0.312 e. The molecule has 1 unspecified atom stereocenters. The van der Waals surface area contributed by atoms with E-state index in [1.165, 1.54) is 5.56 Å². The number of nitrogens with zero attached hydrogens (tertiary/aromatic N) is 1. The van der Waals surface area contributed by atoms with Crippen molar-refractivity contribution in [3.63, 3.8) is 0 Å². The second kappa shape index (κ2) is 7.22. The van der Waals surface area contributed by atoms with Crippen LogP contribution in [0.2, 0.25) is 0 Å². The zero-order chi connectivity index (χ0) is 15.2. The van der Waals surface area contributed by atoms with E-state index in [-0.39, 0.29) is 24.2 Å². The topological polar surface area (TPSA) is 58.6 Å². The van der Waals surface area contributed by atoms with E-state index in [1.807, 2.05) is 24.3 Å². The number of hydrogen-bond donors (Lipinski definition) is 1. The van der Waals surface area contributed by atoms with Crippen molar-refractivity contribution in [1.82, 2.24) is 5.48 Å². The smallest absolute Gasteiger partial charge is 0.248 e. The highest BCUT2D eigenvalue weighted by molar-refractivity contribution is 6.00. The summed E-state index contributed by atoms with van der Waals surface area (Å²) >= 11 is 0. The molecule has 2 amide bonds. The Morgan fingerprint density at radius 3 is 2.67 bits per heavy atom. The van der Waals surface area contributed by atoms with Crippen LogP contribution in [0.15, 0.2) is 24.3 Å². The molecule has 114 valence electrons. The van der Waals surface area contributed by atoms with E-state index in [2.05, 4.69) is 12.4 Å². The maximum atomic E-state index is 12.1. The lowest BCUT2D eigenvalue weighted by atomic mass is 10.1. The standard InChI is InChI=1S/C16H22N2O3/c1-3-5-12-6-8-14(9-7-12)18-11-13(10-15(18)19)16(20)17-21-4-2/h6-9,13H,3-5,10-11H2,1-2H3,(H,17,20). The number of hydroxylamine groups is 1. The average Bonchev–Trinajstić information content (AvgIpc) is 2.88. The Morgan fingerprint density at radius 1 is 1.33 bits per heavy atom. The molecule has 2 rings (SSSR count). The average molecular weight is 290 g/mol. The first kappa shape index (κ1) is 15.5. The van der Waals surface area contributed by atoms with Crippen molar-refractivity contribution in [1.29, 1.82) is 0 Å². The fourth-order valence-electron chi connectivity index (χ4n) is 2.49. The summed E-state index contributed by atoms with van der Waals surface area (Å²) in [5.41, 5.74) is 4.49. The van der Waals surface area contributed by atoms with Crippen LogP contribution in [0.1, 0.15) is 32.3 Å². The van der Waals surface area contributed by atoms with Gasteiger partial charge in [0.25, 0.3) is 0 Å². The van der Waals surface area contributed by atoms with Gasteiger partial charge in [0, 0.05) is 18.7 Å². The monoisotopic (exact) mass is 290 g/mol. The van der Waals surface area contributed by atoms with E-state index in [0.29, 0.717) is 13.2 Å². The predicted octanol–water partition coefficient (Wildman–Crippen LogP) is 2.06. The van der Waals surface area contributed by atoms with Crippen LogP contribution in [0.4, 0.5) is 5.69 Å². The summed E-state index contributed by atoms with van der Waals surface area (Å²) in [5.74, 6) is -0.593. The van der Waals surface area contributed by atoms with Crippen LogP contribution in [-0.4, -0.2) is 25.0 Å². The Labute approximate surface area is 125 Å². The molecule has 1 fully saturated rings. The molecule has 0 aliphatic carbocycles. The van der Waals surface area contributed by atoms with E-state index < -0.39 is 0 Å². The van der Waals surface area contributed by atoms with Crippen LogP contribution in [0.3, 0.4) is 0 Å². The summed E-state index contributed by atoms with van der Waals surface area (Å²) < 4.78 is 0. The molecule has 1 aromatic rings. The second-order valence-electron chi connectivity index (χ2n) is 5.22. The number of carbonyl (C=O) groups is 2. The van der Waals surface area contributed by atoms with Crippen molar-refractivity contribution >= 4 is 17.5 Å². The van der Waals surface area contributed by atoms with Gasteiger partial charge in [-0.3, -0.25) is 14.4 Å². The Balaban J connectivity index is 2.00. The summed E-state index contributed by atoms with van der Waals surface area (Å²) in [6.45, 7) is 4.75. The Bertz CT molecular complexity index is 499. The molecule has 1 aliphatic heterocycles. The number of anilines is 1. The molecule has 0 radical (unpaired) electrons. The first-order valence-electron chi connectivity index (χ1n) is 7.46. The zero-order valence-corrected chi connectivity index (χ0v) is 12.6. The number of aryl methyl sites for hydroxylation is 1. The van der Waals surface area contributed by atoms with Crippen molar-refractivity contribution in [3.8, 4) is 0 Å². The number of carbonyl (C=O) groups excluding carboxylic acids is 2. The molecule has 1 aliphatic rings. The molecule has 1 aromatic carbocycles. The zero-order valence-electron chi connectivity index (χ0n) is 12.6. The molecule has 1 saturated heterocycles. The van der Waals surface area contributed by atoms with Gasteiger partial charge in [-0.25, -0.2) is 5.48 Å². The van der Waals surface area contributed by atoms with Gasteiger partial charge in [-0.05, 0) is 31.0 Å². The highest BCUT2D eigenvalue weighted by Gasteiger charge is 2.35. The maximum Gasteiger partial charge on any atom is 0.248 e. The summed E-state index contributed by atoms with van der Waals surface area (Å²) in [6, 6.07) is 7.98. The van der Waals surface area contributed by atoms with Gasteiger partial charge in [0.15, 0.2) is 0 Å². The largest absolute Gasteiger partial charge is 0.312 e. The third kappa shape index (κ3) is 3.82. The highest BCUT2D eigenvalue weighted by Crippen LogP contribution is 2.25. The molecular formula is C16H22N2O3. The fraction of sp³-hybridized carbons (Fsp3) is 0.500. The van der Waals surface area contributed by atoms with Gasteiger partial charge in [0.05, 0.1) is 12.5 Å². The number of amides is 2. The molecular weight excluding hydrogens is 268 g/mol. The van der Waals surface area contributed by atoms with Gasteiger partial charge in [0.2, 0.25) is 11.8 Å². The van der Waals surface area contributed by atoms with Gasteiger partial charge in [-0.2, -0.15) is 0 Å². The Kier molecular flexibility index (Phi) is 5.33. The lowest BCUT2D eigenvalue weighted by Gasteiger charge is -2.17. The lowest BCUT2D eigenvalue weighted by molar-refractivity contribution is -0.137. The van der Waals surface area contributed by atoms with Gasteiger partial charge in [-0.1, -0.05) is 25.5 Å². The summed E-state index contributed by atoms with van der Waals surface area (Å²) in [7, 11) is 0. The third-order valence-corrected chi connectivity index (χ3v) is 3.60. The molecule has 0 saturated carbocycles. The number of rotatable bonds is 6. The van der Waals surface area contributed by atoms with E-state index in [4.69, 9.17) is 4.84 Å².